The summed E-state index contributed by atoms with van der Waals surface area (Å²) in [6.07, 6.45) is 0.196. The maximum Gasteiger partial charge on any atom is 0.255 e. The average Bonchev–Trinajstić information content (AvgIpc) is 3.01. The van der Waals surface area contributed by atoms with Crippen molar-refractivity contribution in [2.45, 2.75) is 38.8 Å². The smallest absolute Gasteiger partial charge is 0.255 e. The van der Waals surface area contributed by atoms with E-state index in [1.165, 1.54) is 6.07 Å². The predicted molar refractivity (Wildman–Crippen MR) is 92.8 cm³/mol. The predicted octanol–water partition coefficient (Wildman–Crippen LogP) is 3.83. The van der Waals surface area contributed by atoms with Gasteiger partial charge in [0.15, 0.2) is 5.78 Å². The molecule has 0 spiro atoms. The molecule has 2 aliphatic heterocycles. The van der Waals surface area contributed by atoms with Gasteiger partial charge in [-0.2, -0.15) is 0 Å². The molecule has 2 aromatic rings. The van der Waals surface area contributed by atoms with Crippen molar-refractivity contribution in [3.05, 3.63) is 70.5 Å². The minimum atomic E-state index is -0.895. The van der Waals surface area contributed by atoms with Crippen molar-refractivity contribution in [2.24, 2.45) is 5.92 Å². The zero-order valence-electron chi connectivity index (χ0n) is 14.5. The molecule has 1 fully saturated rings. The van der Waals surface area contributed by atoms with Gasteiger partial charge in [-0.15, -0.1) is 0 Å². The van der Waals surface area contributed by atoms with Crippen LogP contribution in [-0.4, -0.2) is 22.6 Å². The Labute approximate surface area is 146 Å². The van der Waals surface area contributed by atoms with Crippen LogP contribution >= 0.6 is 0 Å². The van der Waals surface area contributed by atoms with Crippen LogP contribution in [0.1, 0.15) is 47.3 Å². The third-order valence-corrected chi connectivity index (χ3v) is 5.55. The summed E-state index contributed by atoms with van der Waals surface area (Å²) in [5.41, 5.74) is 1.75. The molecule has 2 heterocycles. The third-order valence-electron chi connectivity index (χ3n) is 5.55. The second kappa shape index (κ2) is 5.25. The van der Waals surface area contributed by atoms with Crippen LogP contribution < -0.4 is 0 Å². The first kappa shape index (κ1) is 16.0. The number of rotatable bonds is 2. The first-order chi connectivity index (χ1) is 11.9. The molecule has 4 rings (SSSR count). The van der Waals surface area contributed by atoms with Crippen LogP contribution in [0.25, 0.3) is 0 Å². The average molecular weight is 337 g/mol. The lowest BCUT2D eigenvalue weighted by molar-refractivity contribution is -0.120. The largest absolute Gasteiger partial charge is 0.314 e. The second-order valence-electron chi connectivity index (χ2n) is 7.38. The molecule has 1 amide bonds. The Morgan fingerprint density at radius 2 is 1.88 bits per heavy atom. The highest BCUT2D eigenvalue weighted by Crippen LogP contribution is 2.53. The van der Waals surface area contributed by atoms with E-state index < -0.39 is 11.6 Å². The first-order valence-electron chi connectivity index (χ1n) is 8.60. The molecular formula is C21H20FNO2. The van der Waals surface area contributed by atoms with E-state index in [2.05, 4.69) is 0 Å². The Bertz CT molecular complexity index is 905. The summed E-state index contributed by atoms with van der Waals surface area (Å²) >= 11 is 0. The molecule has 4 heteroatoms. The summed E-state index contributed by atoms with van der Waals surface area (Å²) in [6, 6.07) is 11.9. The number of Topliss-reactive ketones (excluding diaryl/α,β-unsaturated/α-hetero) is 1. The van der Waals surface area contributed by atoms with Gasteiger partial charge in [0.1, 0.15) is 11.4 Å². The van der Waals surface area contributed by atoms with Gasteiger partial charge in [0.25, 0.3) is 5.91 Å². The molecule has 0 N–H and O–H groups in total. The van der Waals surface area contributed by atoms with Gasteiger partial charge in [0.2, 0.25) is 0 Å². The summed E-state index contributed by atoms with van der Waals surface area (Å²) in [6.45, 7) is 5.61. The standard InChI is InChI=1S/C21H20FNO2/c1-12(2)19-18(24)11-21(14-9-8-13(3)17(22)10-14)16-7-5-4-6-15(16)20(25)23(19)21/h4-10,12,19H,11H2,1-3H3. The molecule has 0 aromatic heterocycles. The van der Waals surface area contributed by atoms with E-state index in [1.54, 1.807) is 24.0 Å². The van der Waals surface area contributed by atoms with Crippen LogP contribution in [0.4, 0.5) is 4.39 Å². The molecule has 2 unspecified atom stereocenters. The first-order valence-corrected chi connectivity index (χ1v) is 8.60. The lowest BCUT2D eigenvalue weighted by Gasteiger charge is -2.36. The number of hydrogen-bond donors (Lipinski definition) is 0. The van der Waals surface area contributed by atoms with Crippen LogP contribution in [0.15, 0.2) is 42.5 Å². The van der Waals surface area contributed by atoms with Gasteiger partial charge < -0.3 is 4.90 Å². The monoisotopic (exact) mass is 337 g/mol. The van der Waals surface area contributed by atoms with Crippen molar-refractivity contribution in [3.8, 4) is 0 Å². The minimum absolute atomic E-state index is 0.00272. The number of carbonyl (C=O) groups is 2. The Morgan fingerprint density at radius 3 is 2.56 bits per heavy atom. The second-order valence-corrected chi connectivity index (χ2v) is 7.38. The van der Waals surface area contributed by atoms with Gasteiger partial charge in [0.05, 0.1) is 6.04 Å². The van der Waals surface area contributed by atoms with Gasteiger partial charge in [-0.3, -0.25) is 9.59 Å². The lowest BCUT2D eigenvalue weighted by Crippen LogP contribution is -2.46. The SMILES string of the molecule is Cc1ccc(C23CC(=O)C(C(C)C)N2C(=O)c2ccccc23)cc1F. The quantitative estimate of drug-likeness (QED) is 0.835. The number of amides is 1. The topological polar surface area (TPSA) is 37.4 Å². The molecule has 2 aromatic carbocycles. The maximum absolute atomic E-state index is 14.3. The number of benzene rings is 2. The van der Waals surface area contributed by atoms with E-state index in [0.29, 0.717) is 16.7 Å². The highest BCUT2D eigenvalue weighted by atomic mass is 19.1. The van der Waals surface area contributed by atoms with Crippen LogP contribution in [0.3, 0.4) is 0 Å². The molecule has 1 saturated heterocycles. The summed E-state index contributed by atoms with van der Waals surface area (Å²) in [5.74, 6) is -0.410. The number of halogens is 1. The Balaban J connectivity index is 2.03. The van der Waals surface area contributed by atoms with Crippen molar-refractivity contribution in [1.82, 2.24) is 4.90 Å². The van der Waals surface area contributed by atoms with E-state index in [-0.39, 0.29) is 29.8 Å². The third kappa shape index (κ3) is 1.97. The minimum Gasteiger partial charge on any atom is -0.314 e. The zero-order valence-corrected chi connectivity index (χ0v) is 14.5. The van der Waals surface area contributed by atoms with E-state index in [1.807, 2.05) is 38.1 Å². The van der Waals surface area contributed by atoms with E-state index >= 15 is 0 Å². The van der Waals surface area contributed by atoms with Crippen LogP contribution in [0, 0.1) is 18.7 Å². The number of fused-ring (bicyclic) bond motifs is 3. The normalized spacial score (nSPS) is 24.8. The zero-order chi connectivity index (χ0) is 17.9. The number of hydrogen-bond acceptors (Lipinski definition) is 2. The van der Waals surface area contributed by atoms with Crippen molar-refractivity contribution < 1.29 is 14.0 Å². The fourth-order valence-electron chi connectivity index (χ4n) is 4.42. The molecule has 128 valence electrons. The molecule has 2 aliphatic rings. The van der Waals surface area contributed by atoms with Crippen molar-refractivity contribution in [2.75, 3.05) is 0 Å². The highest BCUT2D eigenvalue weighted by molar-refractivity contribution is 6.07. The summed E-state index contributed by atoms with van der Waals surface area (Å²) < 4.78 is 14.3. The van der Waals surface area contributed by atoms with Gasteiger partial charge in [0, 0.05) is 12.0 Å². The Morgan fingerprint density at radius 1 is 1.16 bits per heavy atom. The fourth-order valence-corrected chi connectivity index (χ4v) is 4.42. The Kier molecular flexibility index (Phi) is 3.36. The van der Waals surface area contributed by atoms with E-state index in [9.17, 15) is 14.0 Å². The lowest BCUT2D eigenvalue weighted by atomic mass is 9.81. The van der Waals surface area contributed by atoms with Gasteiger partial charge >= 0.3 is 0 Å². The molecule has 0 radical (unpaired) electrons. The summed E-state index contributed by atoms with van der Waals surface area (Å²) in [5, 5.41) is 0. The molecule has 25 heavy (non-hydrogen) atoms. The van der Waals surface area contributed by atoms with Crippen molar-refractivity contribution in [1.29, 1.82) is 0 Å². The molecule has 3 nitrogen and oxygen atoms in total. The maximum atomic E-state index is 14.3. The molecule has 2 atom stereocenters. The van der Waals surface area contributed by atoms with Gasteiger partial charge in [-0.1, -0.05) is 44.2 Å². The van der Waals surface area contributed by atoms with Crippen LogP contribution in [-0.2, 0) is 10.3 Å². The molecular weight excluding hydrogens is 317 g/mol. The van der Waals surface area contributed by atoms with Gasteiger partial charge in [-0.05, 0) is 41.7 Å². The van der Waals surface area contributed by atoms with Crippen LogP contribution in [0.5, 0.6) is 0 Å². The number of carbonyl (C=O) groups excluding carboxylic acids is 2. The van der Waals surface area contributed by atoms with E-state index in [4.69, 9.17) is 0 Å². The summed E-state index contributed by atoms with van der Waals surface area (Å²) in [7, 11) is 0. The molecule has 0 bridgehead atoms. The number of aryl methyl sites for hydroxylation is 1. The number of nitrogens with zero attached hydrogens (tertiary/aromatic N) is 1. The Hall–Kier alpha value is -2.49. The van der Waals surface area contributed by atoms with Crippen molar-refractivity contribution >= 4 is 11.7 Å². The van der Waals surface area contributed by atoms with E-state index in [0.717, 1.165) is 5.56 Å². The van der Waals surface area contributed by atoms with Crippen LogP contribution in [0.2, 0.25) is 0 Å². The highest BCUT2D eigenvalue weighted by Gasteiger charge is 2.61. The fraction of sp³-hybridized carbons (Fsp3) is 0.333. The number of ketones is 1. The molecule has 0 aliphatic carbocycles. The van der Waals surface area contributed by atoms with Crippen molar-refractivity contribution in [3.63, 3.8) is 0 Å². The summed E-state index contributed by atoms with van der Waals surface area (Å²) in [4.78, 5) is 27.7. The van der Waals surface area contributed by atoms with Gasteiger partial charge in [-0.25, -0.2) is 4.39 Å². The molecule has 0 saturated carbocycles.